The Morgan fingerprint density at radius 1 is 1.06 bits per heavy atom. The minimum Gasteiger partial charge on any atom is -0.497 e. The summed E-state index contributed by atoms with van der Waals surface area (Å²) in [7, 11) is 1.67. The van der Waals surface area contributed by atoms with Crippen molar-refractivity contribution in [2.75, 3.05) is 7.11 Å². The van der Waals surface area contributed by atoms with Gasteiger partial charge in [0.2, 0.25) is 0 Å². The summed E-state index contributed by atoms with van der Waals surface area (Å²) in [6.07, 6.45) is 1.87. The molecular formula is C15H15NO. The molecule has 0 aliphatic heterocycles. The number of rotatable bonds is 4. The van der Waals surface area contributed by atoms with E-state index in [4.69, 9.17) is 4.74 Å². The van der Waals surface area contributed by atoms with E-state index in [-0.39, 0.29) is 0 Å². The van der Waals surface area contributed by atoms with E-state index in [2.05, 4.69) is 17.1 Å². The fraction of sp³-hybridized carbons (Fsp3) is 0.133. The summed E-state index contributed by atoms with van der Waals surface area (Å²) < 4.78 is 5.16. The fourth-order valence-electron chi connectivity index (χ4n) is 1.56. The molecule has 0 unspecified atom stereocenters. The third kappa shape index (κ3) is 3.45. The van der Waals surface area contributed by atoms with Gasteiger partial charge in [-0.05, 0) is 23.3 Å². The molecule has 86 valence electrons. The molecule has 2 aromatic carbocycles. The van der Waals surface area contributed by atoms with Gasteiger partial charge >= 0.3 is 0 Å². The second kappa shape index (κ2) is 5.85. The first kappa shape index (κ1) is 11.4. The molecule has 0 spiro atoms. The van der Waals surface area contributed by atoms with Crippen LogP contribution < -0.4 is 4.74 Å². The van der Waals surface area contributed by atoms with Crippen LogP contribution in [0.15, 0.2) is 59.6 Å². The Morgan fingerprint density at radius 3 is 2.65 bits per heavy atom. The van der Waals surface area contributed by atoms with Crippen molar-refractivity contribution >= 4 is 6.21 Å². The first-order chi connectivity index (χ1) is 8.38. The van der Waals surface area contributed by atoms with E-state index in [9.17, 15) is 0 Å². The van der Waals surface area contributed by atoms with Crippen LogP contribution in [0.3, 0.4) is 0 Å². The Balaban J connectivity index is 2.00. The molecule has 17 heavy (non-hydrogen) atoms. The average Bonchev–Trinajstić information content (AvgIpc) is 2.40. The van der Waals surface area contributed by atoms with Crippen LogP contribution in [0.25, 0.3) is 0 Å². The van der Waals surface area contributed by atoms with Gasteiger partial charge in [-0.1, -0.05) is 42.5 Å². The lowest BCUT2D eigenvalue weighted by atomic mass is 10.2. The molecule has 0 N–H and O–H groups in total. The normalized spacial score (nSPS) is 10.6. The van der Waals surface area contributed by atoms with Crippen molar-refractivity contribution in [3.05, 3.63) is 65.7 Å². The van der Waals surface area contributed by atoms with E-state index in [1.165, 1.54) is 5.56 Å². The van der Waals surface area contributed by atoms with Gasteiger partial charge in [-0.2, -0.15) is 0 Å². The quantitative estimate of drug-likeness (QED) is 0.731. The van der Waals surface area contributed by atoms with E-state index in [1.54, 1.807) is 7.11 Å². The van der Waals surface area contributed by atoms with E-state index in [1.807, 2.05) is 48.7 Å². The van der Waals surface area contributed by atoms with Crippen LogP contribution in [0.2, 0.25) is 0 Å². The molecule has 0 saturated heterocycles. The van der Waals surface area contributed by atoms with Crippen molar-refractivity contribution in [2.24, 2.45) is 4.99 Å². The van der Waals surface area contributed by atoms with Crippen LogP contribution >= 0.6 is 0 Å². The number of methoxy groups -OCH3 is 1. The fourth-order valence-corrected chi connectivity index (χ4v) is 1.56. The highest BCUT2D eigenvalue weighted by Gasteiger charge is 1.92. The van der Waals surface area contributed by atoms with E-state index in [0.717, 1.165) is 11.3 Å². The van der Waals surface area contributed by atoms with Gasteiger partial charge < -0.3 is 4.74 Å². The van der Waals surface area contributed by atoms with Crippen molar-refractivity contribution in [3.8, 4) is 5.75 Å². The Bertz CT molecular complexity index is 491. The third-order valence-corrected chi connectivity index (χ3v) is 2.45. The maximum absolute atomic E-state index is 5.16. The minimum atomic E-state index is 0.706. The molecule has 0 fully saturated rings. The maximum Gasteiger partial charge on any atom is 0.119 e. The van der Waals surface area contributed by atoms with E-state index in [0.29, 0.717) is 6.54 Å². The van der Waals surface area contributed by atoms with Gasteiger partial charge in [-0.3, -0.25) is 4.99 Å². The third-order valence-electron chi connectivity index (χ3n) is 2.45. The summed E-state index contributed by atoms with van der Waals surface area (Å²) in [6, 6.07) is 18.1. The predicted octanol–water partition coefficient (Wildman–Crippen LogP) is 3.31. The first-order valence-electron chi connectivity index (χ1n) is 5.56. The summed E-state index contributed by atoms with van der Waals surface area (Å²) in [5.74, 6) is 0.855. The molecule has 2 rings (SSSR count). The first-order valence-corrected chi connectivity index (χ1v) is 5.56. The van der Waals surface area contributed by atoms with Gasteiger partial charge in [-0.25, -0.2) is 0 Å². The molecule has 0 radical (unpaired) electrons. The molecule has 0 aliphatic carbocycles. The molecule has 2 heteroatoms. The summed E-state index contributed by atoms with van der Waals surface area (Å²) in [4.78, 5) is 4.41. The zero-order chi connectivity index (χ0) is 11.9. The zero-order valence-corrected chi connectivity index (χ0v) is 9.84. The van der Waals surface area contributed by atoms with Gasteiger partial charge in [-0.15, -0.1) is 0 Å². The van der Waals surface area contributed by atoms with Gasteiger partial charge in [0.15, 0.2) is 0 Å². The molecule has 0 heterocycles. The van der Waals surface area contributed by atoms with Crippen LogP contribution in [0, 0.1) is 0 Å². The summed E-state index contributed by atoms with van der Waals surface area (Å²) >= 11 is 0. The number of hydrogen-bond donors (Lipinski definition) is 0. The summed E-state index contributed by atoms with van der Waals surface area (Å²) in [6.45, 7) is 0.706. The largest absolute Gasteiger partial charge is 0.497 e. The topological polar surface area (TPSA) is 21.6 Å². The SMILES string of the molecule is COc1cccc(/C=N/Cc2ccccc2)c1. The van der Waals surface area contributed by atoms with Gasteiger partial charge in [0.1, 0.15) is 5.75 Å². The van der Waals surface area contributed by atoms with Crippen LogP contribution in [-0.4, -0.2) is 13.3 Å². The van der Waals surface area contributed by atoms with E-state index < -0.39 is 0 Å². The Kier molecular flexibility index (Phi) is 3.92. The molecule has 2 nitrogen and oxygen atoms in total. The second-order valence-corrected chi connectivity index (χ2v) is 3.73. The van der Waals surface area contributed by atoms with Crippen LogP contribution in [0.1, 0.15) is 11.1 Å². The number of aliphatic imine (C=N–C) groups is 1. The monoisotopic (exact) mass is 225 g/mol. The number of ether oxygens (including phenoxy) is 1. The molecule has 0 atom stereocenters. The highest BCUT2D eigenvalue weighted by Crippen LogP contribution is 2.11. The van der Waals surface area contributed by atoms with Crippen molar-refractivity contribution in [1.82, 2.24) is 0 Å². The van der Waals surface area contributed by atoms with Crippen molar-refractivity contribution < 1.29 is 4.74 Å². The molecular weight excluding hydrogens is 210 g/mol. The lowest BCUT2D eigenvalue weighted by Gasteiger charge is -1.99. The van der Waals surface area contributed by atoms with Crippen molar-refractivity contribution in [2.45, 2.75) is 6.54 Å². The average molecular weight is 225 g/mol. The molecule has 0 amide bonds. The molecule has 0 aliphatic rings. The predicted molar refractivity (Wildman–Crippen MR) is 70.7 cm³/mol. The number of nitrogens with zero attached hydrogens (tertiary/aromatic N) is 1. The number of benzene rings is 2. The van der Waals surface area contributed by atoms with Crippen molar-refractivity contribution in [1.29, 1.82) is 0 Å². The number of hydrogen-bond acceptors (Lipinski definition) is 2. The smallest absolute Gasteiger partial charge is 0.119 e. The van der Waals surface area contributed by atoms with Gasteiger partial charge in [0.05, 0.1) is 13.7 Å². The van der Waals surface area contributed by atoms with Crippen LogP contribution in [0.4, 0.5) is 0 Å². The van der Waals surface area contributed by atoms with E-state index >= 15 is 0 Å². The highest BCUT2D eigenvalue weighted by molar-refractivity contribution is 5.80. The van der Waals surface area contributed by atoms with Gasteiger partial charge in [0.25, 0.3) is 0 Å². The molecule has 2 aromatic rings. The lowest BCUT2D eigenvalue weighted by molar-refractivity contribution is 0.415. The second-order valence-electron chi connectivity index (χ2n) is 3.73. The van der Waals surface area contributed by atoms with Crippen LogP contribution in [0.5, 0.6) is 5.75 Å². The minimum absolute atomic E-state index is 0.706. The Hall–Kier alpha value is -2.09. The molecule has 0 aromatic heterocycles. The molecule has 0 bridgehead atoms. The standard InChI is InChI=1S/C15H15NO/c1-17-15-9-5-8-14(10-15)12-16-11-13-6-3-2-4-7-13/h2-10,12H,11H2,1H3/b16-12+. The Labute approximate surface area is 102 Å². The molecule has 0 saturated carbocycles. The lowest BCUT2D eigenvalue weighted by Crippen LogP contribution is -1.87. The summed E-state index contributed by atoms with van der Waals surface area (Å²) in [5.41, 5.74) is 2.27. The van der Waals surface area contributed by atoms with Gasteiger partial charge in [0, 0.05) is 6.21 Å². The van der Waals surface area contributed by atoms with Crippen LogP contribution in [-0.2, 0) is 6.54 Å². The Morgan fingerprint density at radius 2 is 1.88 bits per heavy atom. The van der Waals surface area contributed by atoms with Crippen molar-refractivity contribution in [3.63, 3.8) is 0 Å². The maximum atomic E-state index is 5.16. The summed E-state index contributed by atoms with van der Waals surface area (Å²) in [5, 5.41) is 0. The highest BCUT2D eigenvalue weighted by atomic mass is 16.5. The zero-order valence-electron chi connectivity index (χ0n) is 9.84.